The molecule has 2 amide bonds. The number of imide groups is 1. The zero-order valence-electron chi connectivity index (χ0n) is 27.1. The van der Waals surface area contributed by atoms with Crippen LogP contribution in [0.4, 0.5) is 24.3 Å². The normalized spacial score (nSPS) is 14.5. The lowest BCUT2D eigenvalue weighted by Crippen LogP contribution is -2.44. The van der Waals surface area contributed by atoms with Gasteiger partial charge in [0.1, 0.15) is 22.8 Å². The third-order valence-electron chi connectivity index (χ3n) is 7.88. The minimum absolute atomic E-state index is 0.252. The summed E-state index contributed by atoms with van der Waals surface area (Å²) < 4.78 is 44.0. The summed E-state index contributed by atoms with van der Waals surface area (Å²) in [6, 6.07) is 14.9. The smallest absolute Gasteiger partial charge is 0.427 e. The fourth-order valence-electron chi connectivity index (χ4n) is 5.58. The highest BCUT2D eigenvalue weighted by molar-refractivity contribution is 6.08. The molecule has 2 aromatic carbocycles. The molecular formula is C35H36F2N6O4. The van der Waals surface area contributed by atoms with Gasteiger partial charge in [0.2, 0.25) is 0 Å². The third kappa shape index (κ3) is 6.32. The maximum absolute atomic E-state index is 16.2. The monoisotopic (exact) mass is 642 g/mol. The van der Waals surface area contributed by atoms with Crippen LogP contribution in [-0.4, -0.2) is 47.8 Å². The van der Waals surface area contributed by atoms with Crippen molar-refractivity contribution in [3.05, 3.63) is 90.4 Å². The molecule has 1 aliphatic rings. The maximum atomic E-state index is 16.2. The lowest BCUT2D eigenvalue weighted by molar-refractivity contribution is 0.0427. The van der Waals surface area contributed by atoms with Crippen molar-refractivity contribution in [3.8, 4) is 22.3 Å². The molecule has 0 aliphatic heterocycles. The van der Waals surface area contributed by atoms with E-state index in [1.807, 2.05) is 10.9 Å². The van der Waals surface area contributed by atoms with Gasteiger partial charge in [0.25, 0.3) is 5.95 Å². The molecule has 0 atom stereocenters. The Morgan fingerprint density at radius 2 is 1.49 bits per heavy atom. The van der Waals surface area contributed by atoms with Crippen LogP contribution < -0.4 is 4.90 Å². The number of rotatable bonds is 5. The van der Waals surface area contributed by atoms with Crippen molar-refractivity contribution >= 4 is 23.8 Å². The summed E-state index contributed by atoms with van der Waals surface area (Å²) in [5, 5.41) is 8.93. The SMILES string of the molecule is CC(C)(C)OC(=O)N(C(=O)OC(C)(C)C)c1nc2cc(-c3cccc(-c4cnn(C5(c6ccc(F)cc6)CCC5)c4)c3F)ccn2n1. The molecule has 1 fully saturated rings. The molecule has 3 heterocycles. The molecule has 0 radical (unpaired) electrons. The summed E-state index contributed by atoms with van der Waals surface area (Å²) in [7, 11) is 0. The van der Waals surface area contributed by atoms with Gasteiger partial charge in [0.15, 0.2) is 5.65 Å². The number of hydrogen-bond acceptors (Lipinski definition) is 7. The van der Waals surface area contributed by atoms with Crippen LogP contribution in [0.15, 0.2) is 73.2 Å². The number of anilines is 1. The molecule has 0 unspecified atom stereocenters. The second-order valence-corrected chi connectivity index (χ2v) is 13.7. The van der Waals surface area contributed by atoms with Gasteiger partial charge in [-0.25, -0.2) is 22.9 Å². The van der Waals surface area contributed by atoms with Crippen LogP contribution in [-0.2, 0) is 15.0 Å². The zero-order chi connectivity index (χ0) is 33.7. The minimum atomic E-state index is -0.995. The van der Waals surface area contributed by atoms with Crippen molar-refractivity contribution in [3.63, 3.8) is 0 Å². The molecule has 0 N–H and O–H groups in total. The molecule has 3 aromatic heterocycles. The summed E-state index contributed by atoms with van der Waals surface area (Å²) in [4.78, 5) is 31.2. The van der Waals surface area contributed by atoms with E-state index >= 15 is 4.39 Å². The van der Waals surface area contributed by atoms with Crippen molar-refractivity contribution in [2.24, 2.45) is 0 Å². The highest BCUT2D eigenvalue weighted by atomic mass is 19.1. The first kappa shape index (κ1) is 31.8. The molecule has 0 spiro atoms. The summed E-state index contributed by atoms with van der Waals surface area (Å²) in [6.07, 6.45) is 5.76. The Balaban J connectivity index is 1.33. The van der Waals surface area contributed by atoms with E-state index in [0.29, 0.717) is 27.2 Å². The molecule has 244 valence electrons. The van der Waals surface area contributed by atoms with Crippen LogP contribution in [0.25, 0.3) is 27.9 Å². The third-order valence-corrected chi connectivity index (χ3v) is 7.88. The van der Waals surface area contributed by atoms with Gasteiger partial charge in [-0.15, -0.1) is 10.00 Å². The predicted octanol–water partition coefficient (Wildman–Crippen LogP) is 8.14. The van der Waals surface area contributed by atoms with E-state index in [1.54, 1.807) is 96.4 Å². The molecule has 1 saturated carbocycles. The average Bonchev–Trinajstić information content (AvgIpc) is 3.59. The first-order valence-corrected chi connectivity index (χ1v) is 15.4. The number of carbonyl (C=O) groups excluding carboxylic acids is 2. The van der Waals surface area contributed by atoms with Crippen LogP contribution in [0.2, 0.25) is 0 Å². The van der Waals surface area contributed by atoms with Gasteiger partial charge >= 0.3 is 12.2 Å². The van der Waals surface area contributed by atoms with Crippen molar-refractivity contribution < 1.29 is 27.8 Å². The molecule has 0 bridgehead atoms. The maximum Gasteiger partial charge on any atom is 0.427 e. The summed E-state index contributed by atoms with van der Waals surface area (Å²) in [5.74, 6) is -1.00. The number of aromatic nitrogens is 5. The highest BCUT2D eigenvalue weighted by Crippen LogP contribution is 2.45. The number of fused-ring (bicyclic) bond motifs is 1. The van der Waals surface area contributed by atoms with E-state index in [-0.39, 0.29) is 17.4 Å². The molecule has 5 aromatic rings. The van der Waals surface area contributed by atoms with Crippen molar-refractivity contribution in [2.75, 3.05) is 4.90 Å². The fourth-order valence-corrected chi connectivity index (χ4v) is 5.58. The van der Waals surface area contributed by atoms with Gasteiger partial charge in [0, 0.05) is 29.1 Å². The molecule has 6 rings (SSSR count). The topological polar surface area (TPSA) is 104 Å². The predicted molar refractivity (Wildman–Crippen MR) is 172 cm³/mol. The number of amides is 2. The number of halogens is 2. The van der Waals surface area contributed by atoms with Crippen LogP contribution in [0.1, 0.15) is 66.4 Å². The van der Waals surface area contributed by atoms with E-state index in [0.717, 1.165) is 24.8 Å². The Hall–Kier alpha value is -5.13. The fraction of sp³-hybridized carbons (Fsp3) is 0.343. The largest absolute Gasteiger partial charge is 0.443 e. The van der Waals surface area contributed by atoms with Crippen molar-refractivity contribution in [1.29, 1.82) is 0 Å². The number of pyridine rings is 1. The van der Waals surface area contributed by atoms with Gasteiger partial charge in [-0.05, 0) is 96.2 Å². The van der Waals surface area contributed by atoms with Gasteiger partial charge < -0.3 is 9.47 Å². The number of hydrogen-bond donors (Lipinski definition) is 0. The molecule has 1 aliphatic carbocycles. The number of benzene rings is 2. The molecule has 0 saturated heterocycles. The average molecular weight is 643 g/mol. The summed E-state index contributed by atoms with van der Waals surface area (Å²) in [6.45, 7) is 10.0. The highest BCUT2D eigenvalue weighted by Gasteiger charge is 2.41. The van der Waals surface area contributed by atoms with Crippen LogP contribution in [0.5, 0.6) is 0 Å². The van der Waals surface area contributed by atoms with Crippen LogP contribution in [0, 0.1) is 11.6 Å². The Morgan fingerprint density at radius 3 is 2.06 bits per heavy atom. The Bertz CT molecular complexity index is 1940. The van der Waals surface area contributed by atoms with Gasteiger partial charge in [0.05, 0.1) is 11.7 Å². The van der Waals surface area contributed by atoms with Gasteiger partial charge in [-0.3, -0.25) is 4.68 Å². The lowest BCUT2D eigenvalue weighted by atomic mass is 9.72. The standard InChI is InChI=1S/C35H36F2N6O4/c1-33(2,3)46-31(44)43(32(45)47-34(4,5)6)30-39-28-19-22(15-18-41(28)40-30)26-9-7-10-27(29(26)37)23-20-38-42(21-23)35(16-8-17-35)24-11-13-25(36)14-12-24/h7,9-15,18-21H,8,16-17H2,1-6H3. The Kier molecular flexibility index (Phi) is 7.85. The van der Waals surface area contributed by atoms with Gasteiger partial charge in [-0.2, -0.15) is 10.1 Å². The second-order valence-electron chi connectivity index (χ2n) is 13.7. The lowest BCUT2D eigenvalue weighted by Gasteiger charge is -2.42. The summed E-state index contributed by atoms with van der Waals surface area (Å²) in [5.41, 5.74) is 0.818. The van der Waals surface area contributed by atoms with E-state index in [4.69, 9.17) is 9.47 Å². The zero-order valence-corrected chi connectivity index (χ0v) is 27.1. The quantitative estimate of drug-likeness (QED) is 0.191. The number of carbonyl (C=O) groups is 2. The van der Waals surface area contributed by atoms with E-state index < -0.39 is 34.7 Å². The summed E-state index contributed by atoms with van der Waals surface area (Å²) >= 11 is 0. The van der Waals surface area contributed by atoms with Crippen molar-refractivity contribution in [2.45, 2.75) is 77.5 Å². The van der Waals surface area contributed by atoms with Gasteiger partial charge in [-0.1, -0.05) is 30.3 Å². The first-order chi connectivity index (χ1) is 22.1. The number of nitrogens with zero attached hydrogens (tertiary/aromatic N) is 6. The molecule has 12 heteroatoms. The molecule has 10 nitrogen and oxygen atoms in total. The Morgan fingerprint density at radius 1 is 0.872 bits per heavy atom. The second kappa shape index (κ2) is 11.6. The minimum Gasteiger partial charge on any atom is -0.443 e. The van der Waals surface area contributed by atoms with Crippen molar-refractivity contribution in [1.82, 2.24) is 24.4 Å². The van der Waals surface area contributed by atoms with E-state index in [9.17, 15) is 14.0 Å². The number of ether oxygens (including phenoxy) is 2. The van der Waals surface area contributed by atoms with Crippen LogP contribution >= 0.6 is 0 Å². The molecule has 47 heavy (non-hydrogen) atoms. The molecular weight excluding hydrogens is 606 g/mol. The Labute approximate surface area is 270 Å². The van der Waals surface area contributed by atoms with E-state index in [2.05, 4.69) is 15.2 Å². The first-order valence-electron chi connectivity index (χ1n) is 15.4. The van der Waals surface area contributed by atoms with E-state index in [1.165, 1.54) is 16.6 Å². The van der Waals surface area contributed by atoms with Crippen LogP contribution in [0.3, 0.4) is 0 Å².